The van der Waals surface area contributed by atoms with Crippen LogP contribution in [0, 0.1) is 12.7 Å². The first kappa shape index (κ1) is 24.2. The van der Waals surface area contributed by atoms with Crippen molar-refractivity contribution in [2.45, 2.75) is 6.92 Å². The van der Waals surface area contributed by atoms with E-state index in [9.17, 15) is 19.1 Å². The van der Waals surface area contributed by atoms with Gasteiger partial charge in [0.15, 0.2) is 17.5 Å². The number of pyridine rings is 1. The van der Waals surface area contributed by atoms with Crippen LogP contribution >= 0.6 is 0 Å². The molecule has 0 atom stereocenters. The molecule has 1 fully saturated rings. The minimum Gasteiger partial charge on any atom is -0.507 e. The standard InChI is InChI=1S/C26H22FN9O3/c1-15-10-20(33-24(32-15)16-4-2-3-5-19(16)37)34-6-8-35(9-7-34)26(39)23(38)17-11-29-22-21(17)18(27)12-30-25(22)36-14-28-13-31-36/h2-5,10-14,29,37H,6-9H2,1H3. The number of rotatable bonds is 5. The number of aryl methyl sites for hydroxylation is 1. The maximum absolute atomic E-state index is 14.8. The number of anilines is 1. The number of amides is 1. The summed E-state index contributed by atoms with van der Waals surface area (Å²) < 4.78 is 16.1. The maximum atomic E-state index is 14.8. The Labute approximate surface area is 220 Å². The zero-order valence-corrected chi connectivity index (χ0v) is 20.7. The van der Waals surface area contributed by atoms with Crippen molar-refractivity contribution >= 4 is 28.4 Å². The van der Waals surface area contributed by atoms with Crippen LogP contribution in [0.15, 0.2) is 55.4 Å². The smallest absolute Gasteiger partial charge is 0.295 e. The van der Waals surface area contributed by atoms with Gasteiger partial charge >= 0.3 is 0 Å². The summed E-state index contributed by atoms with van der Waals surface area (Å²) >= 11 is 0. The Balaban J connectivity index is 1.20. The zero-order chi connectivity index (χ0) is 27.1. The Kier molecular flexibility index (Phi) is 5.94. The third-order valence-corrected chi connectivity index (χ3v) is 6.59. The topological polar surface area (TPSA) is 146 Å². The van der Waals surface area contributed by atoms with Crippen molar-refractivity contribution in [3.05, 3.63) is 72.5 Å². The number of aromatic hydroxyl groups is 1. The van der Waals surface area contributed by atoms with Crippen molar-refractivity contribution in [1.82, 2.24) is 39.6 Å². The minimum atomic E-state index is -0.816. The molecule has 5 heterocycles. The van der Waals surface area contributed by atoms with E-state index in [1.54, 1.807) is 24.3 Å². The molecule has 4 aromatic heterocycles. The molecule has 6 rings (SSSR count). The van der Waals surface area contributed by atoms with Crippen LogP contribution in [-0.2, 0) is 4.79 Å². The van der Waals surface area contributed by atoms with Crippen molar-refractivity contribution < 1.29 is 19.1 Å². The second-order valence-electron chi connectivity index (χ2n) is 9.04. The van der Waals surface area contributed by atoms with Crippen molar-refractivity contribution in [1.29, 1.82) is 0 Å². The molecular weight excluding hydrogens is 505 g/mol. The molecule has 1 amide bonds. The third-order valence-electron chi connectivity index (χ3n) is 6.59. The highest BCUT2D eigenvalue weighted by molar-refractivity contribution is 6.45. The van der Waals surface area contributed by atoms with Gasteiger partial charge in [-0.1, -0.05) is 12.1 Å². The van der Waals surface area contributed by atoms with Crippen LogP contribution in [-0.4, -0.2) is 82.6 Å². The average molecular weight is 528 g/mol. The van der Waals surface area contributed by atoms with Crippen LogP contribution in [0.1, 0.15) is 16.1 Å². The molecule has 1 saturated heterocycles. The molecule has 12 nitrogen and oxygen atoms in total. The van der Waals surface area contributed by atoms with Gasteiger partial charge in [-0.25, -0.2) is 29.0 Å². The number of hydrogen-bond acceptors (Lipinski definition) is 9. The van der Waals surface area contributed by atoms with Gasteiger partial charge < -0.3 is 19.9 Å². The van der Waals surface area contributed by atoms with Crippen molar-refractivity contribution in [2.24, 2.45) is 0 Å². The van der Waals surface area contributed by atoms with E-state index in [0.717, 1.165) is 11.9 Å². The number of carbonyl (C=O) groups excluding carboxylic acids is 2. The average Bonchev–Trinajstić information content (AvgIpc) is 3.64. The molecule has 0 aliphatic carbocycles. The number of hydrogen-bond donors (Lipinski definition) is 2. The quantitative estimate of drug-likeness (QED) is 0.260. The molecule has 0 radical (unpaired) electrons. The number of nitrogens with zero attached hydrogens (tertiary/aromatic N) is 8. The lowest BCUT2D eigenvalue weighted by Gasteiger charge is -2.35. The second kappa shape index (κ2) is 9.59. The highest BCUT2D eigenvalue weighted by Gasteiger charge is 2.30. The first-order valence-electron chi connectivity index (χ1n) is 12.1. The van der Waals surface area contributed by atoms with E-state index in [-0.39, 0.29) is 41.1 Å². The molecule has 196 valence electrons. The zero-order valence-electron chi connectivity index (χ0n) is 20.7. The van der Waals surface area contributed by atoms with Crippen molar-refractivity contribution in [3.8, 4) is 23.0 Å². The van der Waals surface area contributed by atoms with Crippen LogP contribution in [0.3, 0.4) is 0 Å². The van der Waals surface area contributed by atoms with Gasteiger partial charge in [-0.2, -0.15) is 5.10 Å². The number of halogens is 1. The number of phenolic OH excluding ortho intramolecular Hbond substituents is 1. The number of aromatic amines is 1. The molecule has 0 spiro atoms. The number of fused-ring (bicyclic) bond motifs is 1. The Bertz CT molecular complexity index is 1710. The van der Waals surface area contributed by atoms with Gasteiger partial charge in [0.1, 0.15) is 24.2 Å². The molecule has 0 unspecified atom stereocenters. The summed E-state index contributed by atoms with van der Waals surface area (Å²) in [6.45, 7) is 3.25. The van der Waals surface area contributed by atoms with Gasteiger partial charge in [-0.3, -0.25) is 9.59 Å². The predicted octanol–water partition coefficient (Wildman–Crippen LogP) is 2.29. The molecule has 1 aliphatic rings. The molecule has 39 heavy (non-hydrogen) atoms. The highest BCUT2D eigenvalue weighted by Crippen LogP contribution is 2.29. The molecule has 13 heteroatoms. The Hall–Kier alpha value is -5.20. The summed E-state index contributed by atoms with van der Waals surface area (Å²) in [4.78, 5) is 49.7. The number of ketones is 1. The van der Waals surface area contributed by atoms with Crippen molar-refractivity contribution in [2.75, 3.05) is 31.1 Å². The Morgan fingerprint density at radius 2 is 1.90 bits per heavy atom. The van der Waals surface area contributed by atoms with Crippen molar-refractivity contribution in [3.63, 3.8) is 0 Å². The molecule has 5 aromatic rings. The SMILES string of the molecule is Cc1cc(N2CCN(C(=O)C(=O)c3c[nH]c4c(-n5cncn5)ncc(F)c34)CC2)nc(-c2ccccc2O)n1. The second-order valence-corrected chi connectivity index (χ2v) is 9.04. The fourth-order valence-corrected chi connectivity index (χ4v) is 4.66. The summed E-state index contributed by atoms with van der Waals surface area (Å²) in [6.07, 6.45) is 5.01. The van der Waals surface area contributed by atoms with Gasteiger partial charge in [0.05, 0.1) is 28.2 Å². The number of para-hydroxylation sites is 1. The number of benzene rings is 1. The molecular formula is C26H22FN9O3. The van der Waals surface area contributed by atoms with E-state index in [2.05, 4.69) is 30.0 Å². The van der Waals surface area contributed by atoms with E-state index in [4.69, 9.17) is 0 Å². The Morgan fingerprint density at radius 1 is 1.10 bits per heavy atom. The number of H-pyrrole nitrogens is 1. The Morgan fingerprint density at radius 3 is 2.64 bits per heavy atom. The first-order valence-corrected chi connectivity index (χ1v) is 12.1. The highest BCUT2D eigenvalue weighted by atomic mass is 19.1. The summed E-state index contributed by atoms with van der Waals surface area (Å²) in [5.74, 6) is -0.862. The molecule has 2 N–H and O–H groups in total. The predicted molar refractivity (Wildman–Crippen MR) is 138 cm³/mol. The summed E-state index contributed by atoms with van der Waals surface area (Å²) in [5.41, 5.74) is 1.42. The fourth-order valence-electron chi connectivity index (χ4n) is 4.66. The monoisotopic (exact) mass is 527 g/mol. The normalized spacial score (nSPS) is 13.7. The summed E-state index contributed by atoms with van der Waals surface area (Å²) in [6, 6.07) is 8.68. The van der Waals surface area contributed by atoms with Gasteiger partial charge in [-0.15, -0.1) is 0 Å². The fraction of sp³-hybridized carbons (Fsp3) is 0.192. The number of nitrogens with one attached hydrogen (secondary N) is 1. The maximum Gasteiger partial charge on any atom is 0.295 e. The van der Waals surface area contributed by atoms with Crippen LogP contribution in [0.5, 0.6) is 5.75 Å². The number of aromatic nitrogens is 7. The van der Waals surface area contributed by atoms with E-state index < -0.39 is 17.5 Å². The lowest BCUT2D eigenvalue weighted by Crippen LogP contribution is -2.51. The van der Waals surface area contributed by atoms with Crippen LogP contribution in [0.4, 0.5) is 10.2 Å². The van der Waals surface area contributed by atoms with Gasteiger partial charge in [-0.05, 0) is 19.1 Å². The molecule has 0 bridgehead atoms. The van der Waals surface area contributed by atoms with E-state index in [0.29, 0.717) is 30.3 Å². The minimum absolute atomic E-state index is 0.0272. The summed E-state index contributed by atoms with van der Waals surface area (Å²) in [7, 11) is 0. The van der Waals surface area contributed by atoms with Crippen LogP contribution in [0.2, 0.25) is 0 Å². The number of Topliss-reactive ketones (excluding diaryl/α,β-unsaturated/α-hetero) is 1. The number of carbonyl (C=O) groups is 2. The third kappa shape index (κ3) is 4.33. The molecule has 1 aliphatic heterocycles. The molecule has 0 saturated carbocycles. The largest absolute Gasteiger partial charge is 0.507 e. The van der Waals surface area contributed by atoms with Gasteiger partial charge in [0.2, 0.25) is 0 Å². The lowest BCUT2D eigenvalue weighted by atomic mass is 10.1. The van der Waals surface area contributed by atoms with Crippen LogP contribution < -0.4 is 4.90 Å². The summed E-state index contributed by atoms with van der Waals surface area (Å²) in [5, 5.41) is 14.2. The lowest BCUT2D eigenvalue weighted by molar-refractivity contribution is -0.126. The number of phenols is 1. The van der Waals surface area contributed by atoms with Gasteiger partial charge in [0, 0.05) is 44.1 Å². The number of piperazine rings is 1. The molecule has 1 aromatic carbocycles. The van der Waals surface area contributed by atoms with Gasteiger partial charge in [0.25, 0.3) is 11.7 Å². The van der Waals surface area contributed by atoms with E-state index in [1.165, 1.54) is 28.4 Å². The van der Waals surface area contributed by atoms with E-state index >= 15 is 0 Å². The van der Waals surface area contributed by atoms with E-state index in [1.807, 2.05) is 17.9 Å². The first-order chi connectivity index (χ1) is 18.9. The van der Waals surface area contributed by atoms with Crippen LogP contribution in [0.25, 0.3) is 28.1 Å².